The molecule has 0 spiro atoms. The molecule has 0 aromatic carbocycles. The molecule has 0 amide bonds. The largest absolute Gasteiger partial charge is 0.394 e. The normalized spacial score (nSPS) is 51.7. The maximum Gasteiger partial charge on any atom is 0.183 e. The summed E-state index contributed by atoms with van der Waals surface area (Å²) in [5.74, 6) is 0. The first-order valence-electron chi connectivity index (χ1n) is 7.08. The quantitative estimate of drug-likeness (QED) is 0.242. The van der Waals surface area contributed by atoms with Crippen molar-refractivity contribution < 1.29 is 50.3 Å². The van der Waals surface area contributed by atoms with E-state index in [1.807, 2.05) is 0 Å². The summed E-state index contributed by atoms with van der Waals surface area (Å²) >= 11 is 0.761. The number of hydrogen-bond acceptors (Lipinski definition) is 11. The van der Waals surface area contributed by atoms with Crippen LogP contribution in [-0.4, -0.2) is 114 Å². The Labute approximate surface area is 135 Å². The Kier molecular flexibility index (Phi) is 6.61. The molecule has 2 fully saturated rings. The number of hydrogen-bond donors (Lipinski definition) is 8. The van der Waals surface area contributed by atoms with E-state index in [2.05, 4.69) is 0 Å². The van der Waals surface area contributed by atoms with Crippen LogP contribution in [0.2, 0.25) is 0 Å². The first-order chi connectivity index (χ1) is 10.8. The smallest absolute Gasteiger partial charge is 0.183 e. The molecule has 2 saturated heterocycles. The number of aliphatic hydroxyl groups is 8. The lowest BCUT2D eigenvalue weighted by atomic mass is 10.0. The molecule has 11 heteroatoms. The minimum atomic E-state index is -1.67. The van der Waals surface area contributed by atoms with E-state index < -0.39 is 72.9 Å². The molecule has 0 aromatic heterocycles. The molecule has 10 nitrogen and oxygen atoms in total. The first kappa shape index (κ1) is 19.3. The van der Waals surface area contributed by atoms with E-state index in [0.717, 1.165) is 11.8 Å². The van der Waals surface area contributed by atoms with Crippen LogP contribution < -0.4 is 0 Å². The maximum absolute atomic E-state index is 10.0. The van der Waals surface area contributed by atoms with Crippen molar-refractivity contribution in [3.05, 3.63) is 0 Å². The van der Waals surface area contributed by atoms with Crippen LogP contribution >= 0.6 is 11.8 Å². The molecule has 2 heterocycles. The van der Waals surface area contributed by atoms with Crippen molar-refractivity contribution in [3.8, 4) is 0 Å². The summed E-state index contributed by atoms with van der Waals surface area (Å²) in [6.45, 7) is -1.17. The standard InChI is InChI=1S/C12H22O10S/c13-1-3-5(15)6(16)9(19)12(22-3)23-10-4(2-14)21-11(20)8(18)7(10)17/h3-20H,1-2H2/t3-,4-,5-,6+,7-,8-,9-,10-,11?,12+/m1/s1. The van der Waals surface area contributed by atoms with Gasteiger partial charge in [-0.1, -0.05) is 0 Å². The van der Waals surface area contributed by atoms with Gasteiger partial charge in [-0.15, -0.1) is 11.8 Å². The molecule has 0 saturated carbocycles. The Morgan fingerprint density at radius 1 is 0.652 bits per heavy atom. The van der Waals surface area contributed by atoms with E-state index in [4.69, 9.17) is 14.6 Å². The van der Waals surface area contributed by atoms with Gasteiger partial charge in [0, 0.05) is 0 Å². The molecule has 2 aliphatic rings. The van der Waals surface area contributed by atoms with Crippen LogP contribution in [0.25, 0.3) is 0 Å². The molecule has 8 N–H and O–H groups in total. The fourth-order valence-corrected chi connectivity index (χ4v) is 4.06. The molecule has 0 radical (unpaired) electrons. The summed E-state index contributed by atoms with van der Waals surface area (Å²) in [5, 5.41) is 76.0. The van der Waals surface area contributed by atoms with E-state index in [0.29, 0.717) is 0 Å². The van der Waals surface area contributed by atoms with Crippen molar-refractivity contribution >= 4 is 11.8 Å². The van der Waals surface area contributed by atoms with E-state index >= 15 is 0 Å². The number of aliphatic hydroxyl groups excluding tert-OH is 8. The second-order valence-electron chi connectivity index (χ2n) is 5.53. The molecule has 0 bridgehead atoms. The minimum absolute atomic E-state index is 0.573. The average Bonchev–Trinajstić information content (AvgIpc) is 2.55. The van der Waals surface area contributed by atoms with E-state index in [1.54, 1.807) is 0 Å². The topological polar surface area (TPSA) is 180 Å². The third-order valence-corrected chi connectivity index (χ3v) is 5.53. The predicted octanol–water partition coefficient (Wildman–Crippen LogP) is -4.68. The summed E-state index contributed by atoms with van der Waals surface area (Å²) in [6, 6.07) is 0. The van der Waals surface area contributed by atoms with Gasteiger partial charge in [0.1, 0.15) is 36.0 Å². The fraction of sp³-hybridized carbons (Fsp3) is 1.00. The zero-order valence-electron chi connectivity index (χ0n) is 12.0. The first-order valence-corrected chi connectivity index (χ1v) is 8.02. The van der Waals surface area contributed by atoms with E-state index in [1.165, 1.54) is 0 Å². The SMILES string of the molecule is OC[C@H]1O[C@@H](S[C@H]2[C@H](O)[C@@H](O)C(O)O[C@@H]2CO)[C@H](O)[C@@H](O)[C@@H]1O. The maximum atomic E-state index is 10.0. The molecule has 2 rings (SSSR count). The molecule has 2 aliphatic heterocycles. The monoisotopic (exact) mass is 358 g/mol. The van der Waals surface area contributed by atoms with Crippen molar-refractivity contribution in [2.24, 2.45) is 0 Å². The molecule has 10 atom stereocenters. The number of thioether (sulfide) groups is 1. The van der Waals surface area contributed by atoms with Crippen molar-refractivity contribution in [2.75, 3.05) is 13.2 Å². The lowest BCUT2D eigenvalue weighted by Crippen LogP contribution is -2.61. The zero-order chi connectivity index (χ0) is 17.3. The van der Waals surface area contributed by atoms with Crippen molar-refractivity contribution in [2.45, 2.75) is 59.7 Å². The lowest BCUT2D eigenvalue weighted by molar-refractivity contribution is -0.249. The highest BCUT2D eigenvalue weighted by Crippen LogP contribution is 2.37. The Bertz CT molecular complexity index is 383. The summed E-state index contributed by atoms with van der Waals surface area (Å²) < 4.78 is 10.3. The average molecular weight is 358 g/mol. The van der Waals surface area contributed by atoms with Gasteiger partial charge in [0.05, 0.1) is 30.7 Å². The van der Waals surface area contributed by atoms with Crippen LogP contribution in [-0.2, 0) is 9.47 Å². The number of ether oxygens (including phenoxy) is 2. The Hall–Kier alpha value is -0.0500. The summed E-state index contributed by atoms with van der Waals surface area (Å²) in [6.07, 6.45) is -11.6. The van der Waals surface area contributed by atoms with Crippen LogP contribution in [0.4, 0.5) is 0 Å². The van der Waals surface area contributed by atoms with Gasteiger partial charge in [-0.25, -0.2) is 0 Å². The summed E-state index contributed by atoms with van der Waals surface area (Å²) in [5.41, 5.74) is -1.16. The van der Waals surface area contributed by atoms with Gasteiger partial charge in [-0.05, 0) is 0 Å². The second-order valence-corrected chi connectivity index (χ2v) is 6.81. The van der Waals surface area contributed by atoms with Gasteiger partial charge in [-0.2, -0.15) is 0 Å². The van der Waals surface area contributed by atoms with Crippen molar-refractivity contribution in [1.29, 1.82) is 0 Å². The molecule has 0 aliphatic carbocycles. The van der Waals surface area contributed by atoms with Gasteiger partial charge in [0.2, 0.25) is 0 Å². The highest BCUT2D eigenvalue weighted by atomic mass is 32.2. The third kappa shape index (κ3) is 3.80. The fourth-order valence-electron chi connectivity index (χ4n) is 2.57. The predicted molar refractivity (Wildman–Crippen MR) is 75.1 cm³/mol. The summed E-state index contributed by atoms with van der Waals surface area (Å²) in [4.78, 5) is 0. The molecule has 136 valence electrons. The minimum Gasteiger partial charge on any atom is -0.394 e. The van der Waals surface area contributed by atoms with Crippen molar-refractivity contribution in [1.82, 2.24) is 0 Å². The van der Waals surface area contributed by atoms with E-state index in [-0.39, 0.29) is 0 Å². The van der Waals surface area contributed by atoms with Crippen LogP contribution in [0.3, 0.4) is 0 Å². The van der Waals surface area contributed by atoms with Crippen molar-refractivity contribution in [3.63, 3.8) is 0 Å². The molecule has 1 unspecified atom stereocenters. The van der Waals surface area contributed by atoms with Gasteiger partial charge in [-0.3, -0.25) is 0 Å². The highest BCUT2D eigenvalue weighted by Gasteiger charge is 2.49. The molecular formula is C12H22O10S. The van der Waals surface area contributed by atoms with Crippen LogP contribution in [0.1, 0.15) is 0 Å². The molecule has 0 aromatic rings. The van der Waals surface area contributed by atoms with Gasteiger partial charge in [0.15, 0.2) is 6.29 Å². The Morgan fingerprint density at radius 2 is 1.26 bits per heavy atom. The Balaban J connectivity index is 2.11. The van der Waals surface area contributed by atoms with Gasteiger partial charge in [0.25, 0.3) is 0 Å². The van der Waals surface area contributed by atoms with Crippen LogP contribution in [0, 0.1) is 0 Å². The number of rotatable bonds is 4. The van der Waals surface area contributed by atoms with E-state index in [9.17, 15) is 35.7 Å². The third-order valence-electron chi connectivity index (χ3n) is 3.98. The molecular weight excluding hydrogens is 336 g/mol. The Morgan fingerprint density at radius 3 is 1.83 bits per heavy atom. The highest BCUT2D eigenvalue weighted by molar-refractivity contribution is 8.00. The zero-order valence-corrected chi connectivity index (χ0v) is 12.8. The van der Waals surface area contributed by atoms with Gasteiger partial charge < -0.3 is 50.3 Å². The summed E-state index contributed by atoms with van der Waals surface area (Å²) in [7, 11) is 0. The van der Waals surface area contributed by atoms with Gasteiger partial charge >= 0.3 is 0 Å². The second kappa shape index (κ2) is 7.89. The van der Waals surface area contributed by atoms with Crippen LogP contribution in [0.5, 0.6) is 0 Å². The molecule has 23 heavy (non-hydrogen) atoms. The lowest BCUT2D eigenvalue weighted by Gasteiger charge is -2.44. The van der Waals surface area contributed by atoms with Crippen LogP contribution in [0.15, 0.2) is 0 Å².